The normalized spacial score (nSPS) is 15.6. The smallest absolute Gasteiger partial charge is 0.343 e. The third kappa shape index (κ3) is 2.78. The third-order valence-electron chi connectivity index (χ3n) is 3.67. The molecular formula is C14H16ClN3O4. The number of carbonyl (C=O) groups is 1. The average molecular weight is 326 g/mol. The van der Waals surface area contributed by atoms with Crippen molar-refractivity contribution in [1.29, 1.82) is 0 Å². The van der Waals surface area contributed by atoms with Gasteiger partial charge in [-0.3, -0.25) is 4.79 Å². The number of carboxylic acids is 1. The summed E-state index contributed by atoms with van der Waals surface area (Å²) < 4.78 is 0. The van der Waals surface area contributed by atoms with Gasteiger partial charge in [-0.05, 0) is 12.1 Å². The molecule has 2 aromatic rings. The van der Waals surface area contributed by atoms with Crippen LogP contribution in [-0.2, 0) is 0 Å². The van der Waals surface area contributed by atoms with Crippen LogP contribution < -0.4 is 10.3 Å². The number of pyridine rings is 1. The van der Waals surface area contributed by atoms with Crippen LogP contribution in [0.15, 0.2) is 29.1 Å². The van der Waals surface area contributed by atoms with E-state index in [1.165, 1.54) is 5.06 Å². The number of para-hydroxylation sites is 1. The number of nitrogens with zero attached hydrogens (tertiary/aromatic N) is 2. The average Bonchev–Trinajstić information content (AvgIpc) is 2.47. The first-order valence-electron chi connectivity index (χ1n) is 6.65. The molecule has 1 aromatic carbocycles. The minimum atomic E-state index is -1.25. The number of aromatic nitrogens is 1. The van der Waals surface area contributed by atoms with Gasteiger partial charge in [0.05, 0.1) is 5.52 Å². The monoisotopic (exact) mass is 325 g/mol. The van der Waals surface area contributed by atoms with Gasteiger partial charge in [-0.2, -0.15) is 5.06 Å². The van der Waals surface area contributed by atoms with E-state index in [0.717, 1.165) is 0 Å². The Bertz CT molecular complexity index is 753. The molecule has 0 bridgehead atoms. The molecule has 0 spiro atoms. The van der Waals surface area contributed by atoms with Crippen LogP contribution >= 0.6 is 12.4 Å². The molecular weight excluding hydrogens is 310 g/mol. The van der Waals surface area contributed by atoms with Gasteiger partial charge in [0.25, 0.3) is 0 Å². The van der Waals surface area contributed by atoms with Gasteiger partial charge in [-0.15, -0.1) is 12.4 Å². The Morgan fingerprint density at radius 2 is 1.77 bits per heavy atom. The van der Waals surface area contributed by atoms with E-state index in [1.807, 2.05) is 0 Å². The number of hydrogen-bond acceptors (Lipinski definition) is 5. The molecule has 0 radical (unpaired) electrons. The van der Waals surface area contributed by atoms with Gasteiger partial charge in [0, 0.05) is 31.6 Å². The van der Waals surface area contributed by atoms with Crippen molar-refractivity contribution < 1.29 is 15.1 Å². The number of fused-ring (bicyclic) bond motifs is 1. The number of halogens is 1. The van der Waals surface area contributed by atoms with Gasteiger partial charge in [0.15, 0.2) is 0 Å². The van der Waals surface area contributed by atoms with E-state index >= 15 is 0 Å². The fourth-order valence-electron chi connectivity index (χ4n) is 2.58. The van der Waals surface area contributed by atoms with Crippen molar-refractivity contribution in [2.75, 3.05) is 31.1 Å². The number of nitrogens with one attached hydrogen (secondary N) is 1. The Hall–Kier alpha value is -2.09. The zero-order chi connectivity index (χ0) is 15.0. The Morgan fingerprint density at radius 3 is 2.41 bits per heavy atom. The molecule has 3 N–H and O–H groups in total. The van der Waals surface area contributed by atoms with Crippen LogP contribution in [0, 0.1) is 0 Å². The standard InChI is InChI=1S/C14H15N3O4.ClH/c18-12-9-3-1-2-4-10(9)15-13(11(12)14(19)20)16-5-7-17(21)8-6-16;/h1-4,21H,5-8H2,(H,15,18)(H,19,20);1H. The number of aromatic carboxylic acids is 1. The minimum absolute atomic E-state index is 0. The Labute approximate surface area is 132 Å². The predicted octanol–water partition coefficient (Wildman–Crippen LogP) is 1.16. The second-order valence-corrected chi connectivity index (χ2v) is 4.97. The first-order chi connectivity index (χ1) is 10.1. The number of aromatic amines is 1. The van der Waals surface area contributed by atoms with Crippen LogP contribution in [0.2, 0.25) is 0 Å². The molecule has 0 aliphatic carbocycles. The van der Waals surface area contributed by atoms with Crippen LogP contribution in [0.1, 0.15) is 10.4 Å². The number of benzene rings is 1. The lowest BCUT2D eigenvalue weighted by atomic mass is 10.1. The highest BCUT2D eigenvalue weighted by Gasteiger charge is 2.24. The maximum atomic E-state index is 12.4. The topological polar surface area (TPSA) is 96.9 Å². The number of rotatable bonds is 2. The van der Waals surface area contributed by atoms with Crippen molar-refractivity contribution in [3.63, 3.8) is 0 Å². The highest BCUT2D eigenvalue weighted by Crippen LogP contribution is 2.20. The van der Waals surface area contributed by atoms with Gasteiger partial charge in [-0.25, -0.2) is 4.79 Å². The summed E-state index contributed by atoms with van der Waals surface area (Å²) in [5.41, 5.74) is -0.132. The predicted molar refractivity (Wildman–Crippen MR) is 84.3 cm³/mol. The lowest BCUT2D eigenvalue weighted by Gasteiger charge is -2.33. The molecule has 22 heavy (non-hydrogen) atoms. The van der Waals surface area contributed by atoms with Crippen molar-refractivity contribution in [3.05, 3.63) is 40.1 Å². The SMILES string of the molecule is Cl.O=C(O)c1c(N2CCN(O)CC2)[nH]c2ccccc2c1=O. The van der Waals surface area contributed by atoms with Crippen LogP contribution in [0.5, 0.6) is 0 Å². The number of anilines is 1. The molecule has 1 aliphatic rings. The van der Waals surface area contributed by atoms with E-state index in [1.54, 1.807) is 29.2 Å². The molecule has 8 heteroatoms. The summed E-state index contributed by atoms with van der Waals surface area (Å²) in [5, 5.41) is 20.3. The second-order valence-electron chi connectivity index (χ2n) is 4.97. The van der Waals surface area contributed by atoms with E-state index < -0.39 is 11.4 Å². The van der Waals surface area contributed by atoms with Gasteiger partial charge in [0.1, 0.15) is 11.4 Å². The molecule has 0 atom stereocenters. The van der Waals surface area contributed by atoms with Crippen molar-refractivity contribution in [1.82, 2.24) is 10.0 Å². The molecule has 2 heterocycles. The van der Waals surface area contributed by atoms with Crippen LogP contribution in [-0.4, -0.2) is 52.5 Å². The summed E-state index contributed by atoms with van der Waals surface area (Å²) in [7, 11) is 0. The molecule has 0 amide bonds. The Balaban J connectivity index is 0.00000176. The second kappa shape index (κ2) is 6.35. The van der Waals surface area contributed by atoms with Crippen molar-refractivity contribution >= 4 is 35.1 Å². The molecule has 1 fully saturated rings. The molecule has 118 valence electrons. The number of H-pyrrole nitrogens is 1. The first-order valence-corrected chi connectivity index (χ1v) is 6.65. The largest absolute Gasteiger partial charge is 0.477 e. The highest BCUT2D eigenvalue weighted by molar-refractivity contribution is 5.98. The molecule has 0 saturated carbocycles. The summed E-state index contributed by atoms with van der Waals surface area (Å²) in [6.07, 6.45) is 0. The quantitative estimate of drug-likeness (QED) is 0.766. The summed E-state index contributed by atoms with van der Waals surface area (Å²) in [6, 6.07) is 6.84. The summed E-state index contributed by atoms with van der Waals surface area (Å²) in [4.78, 5) is 28.7. The number of hydroxylamine groups is 2. The number of carboxylic acid groups (broad SMARTS) is 1. The summed E-state index contributed by atoms with van der Waals surface area (Å²) in [5.74, 6) is -0.942. The van der Waals surface area contributed by atoms with E-state index in [9.17, 15) is 19.9 Å². The van der Waals surface area contributed by atoms with Gasteiger partial charge in [0.2, 0.25) is 5.43 Å². The highest BCUT2D eigenvalue weighted by atomic mass is 35.5. The summed E-state index contributed by atoms with van der Waals surface area (Å²) in [6.45, 7) is 1.69. The van der Waals surface area contributed by atoms with Gasteiger partial charge < -0.3 is 20.2 Å². The van der Waals surface area contributed by atoms with Gasteiger partial charge >= 0.3 is 5.97 Å². The zero-order valence-electron chi connectivity index (χ0n) is 11.7. The molecule has 3 rings (SSSR count). The molecule has 1 aromatic heterocycles. The van der Waals surface area contributed by atoms with Crippen LogP contribution in [0.25, 0.3) is 10.9 Å². The lowest BCUT2D eigenvalue weighted by molar-refractivity contribution is -0.0936. The van der Waals surface area contributed by atoms with Crippen molar-refractivity contribution in [2.24, 2.45) is 0 Å². The Morgan fingerprint density at radius 1 is 1.14 bits per heavy atom. The van der Waals surface area contributed by atoms with E-state index in [0.29, 0.717) is 42.9 Å². The number of hydrogen-bond donors (Lipinski definition) is 3. The van der Waals surface area contributed by atoms with E-state index in [2.05, 4.69) is 4.98 Å². The van der Waals surface area contributed by atoms with Crippen LogP contribution in [0.4, 0.5) is 5.82 Å². The maximum absolute atomic E-state index is 12.4. The van der Waals surface area contributed by atoms with Crippen molar-refractivity contribution in [3.8, 4) is 0 Å². The lowest BCUT2D eigenvalue weighted by Crippen LogP contribution is -2.46. The maximum Gasteiger partial charge on any atom is 0.343 e. The fraction of sp³-hybridized carbons (Fsp3) is 0.286. The fourth-order valence-corrected chi connectivity index (χ4v) is 2.58. The van der Waals surface area contributed by atoms with Gasteiger partial charge in [-0.1, -0.05) is 12.1 Å². The van der Waals surface area contributed by atoms with E-state index in [4.69, 9.17) is 0 Å². The van der Waals surface area contributed by atoms with Crippen LogP contribution in [0.3, 0.4) is 0 Å². The van der Waals surface area contributed by atoms with E-state index in [-0.39, 0.29) is 18.0 Å². The minimum Gasteiger partial charge on any atom is -0.477 e. The Kier molecular flexibility index (Phi) is 4.70. The zero-order valence-corrected chi connectivity index (χ0v) is 12.5. The molecule has 7 nitrogen and oxygen atoms in total. The molecule has 0 unspecified atom stereocenters. The summed E-state index contributed by atoms with van der Waals surface area (Å²) >= 11 is 0. The number of piperazine rings is 1. The first kappa shape index (κ1) is 16.3. The third-order valence-corrected chi connectivity index (χ3v) is 3.67. The molecule has 1 aliphatic heterocycles. The van der Waals surface area contributed by atoms with Crippen molar-refractivity contribution in [2.45, 2.75) is 0 Å². The molecule has 1 saturated heterocycles.